The van der Waals surface area contributed by atoms with Gasteiger partial charge in [-0.3, -0.25) is 4.79 Å². The fourth-order valence-corrected chi connectivity index (χ4v) is 0.987. The summed E-state index contributed by atoms with van der Waals surface area (Å²) in [7, 11) is 0. The summed E-state index contributed by atoms with van der Waals surface area (Å²) in [5.41, 5.74) is 0.113. The molecule has 3 nitrogen and oxygen atoms in total. The minimum Gasteiger partial charge on any atom is -0.468 e. The second-order valence-electron chi connectivity index (χ2n) is 3.04. The van der Waals surface area contributed by atoms with Gasteiger partial charge in [-0.15, -0.1) is 0 Å². The van der Waals surface area contributed by atoms with E-state index in [1.54, 1.807) is 6.92 Å². The van der Waals surface area contributed by atoms with Crippen LogP contribution in [-0.2, 0) is 0 Å². The van der Waals surface area contributed by atoms with Crippen molar-refractivity contribution in [3.8, 4) is 5.88 Å². The lowest BCUT2D eigenvalue weighted by Gasteiger charge is -2.08. The minimum absolute atomic E-state index is 0.113. The van der Waals surface area contributed by atoms with Crippen molar-refractivity contribution in [2.75, 3.05) is 6.61 Å². The van der Waals surface area contributed by atoms with E-state index in [-0.39, 0.29) is 23.8 Å². The van der Waals surface area contributed by atoms with Gasteiger partial charge in [0, 0.05) is 12.5 Å². The highest BCUT2D eigenvalue weighted by molar-refractivity contribution is 5.94. The zero-order chi connectivity index (χ0) is 12.2. The molecule has 0 atom stereocenters. The molecule has 6 heteroatoms. The average Bonchev–Trinajstić information content (AvgIpc) is 2.25. The third-order valence-corrected chi connectivity index (χ3v) is 1.71. The third kappa shape index (κ3) is 3.88. The molecule has 0 aliphatic rings. The number of ether oxygens (including phenoxy) is 1. The normalized spacial score (nSPS) is 11.2. The maximum atomic E-state index is 11.8. The van der Waals surface area contributed by atoms with Crippen LogP contribution in [0.1, 0.15) is 23.8 Å². The number of carbonyl (C=O) groups excluding carboxylic acids is 1. The highest BCUT2D eigenvalue weighted by Gasteiger charge is 2.28. The zero-order valence-corrected chi connectivity index (χ0v) is 8.54. The van der Waals surface area contributed by atoms with Crippen molar-refractivity contribution in [1.29, 1.82) is 0 Å². The summed E-state index contributed by atoms with van der Waals surface area (Å²) < 4.78 is 40.0. The Balaban J connectivity index is 2.71. The van der Waals surface area contributed by atoms with Gasteiger partial charge in [-0.05, 0) is 6.07 Å². The summed E-state index contributed by atoms with van der Waals surface area (Å²) in [6.45, 7) is 0.233. The van der Waals surface area contributed by atoms with Gasteiger partial charge in [-0.1, -0.05) is 13.0 Å². The first kappa shape index (κ1) is 12.5. The molecule has 0 fully saturated rings. The molecule has 1 heterocycles. The quantitative estimate of drug-likeness (QED) is 0.750. The van der Waals surface area contributed by atoms with Crippen molar-refractivity contribution in [2.45, 2.75) is 19.5 Å². The molecule has 0 amide bonds. The number of halogens is 3. The molecular weight excluding hydrogens is 223 g/mol. The van der Waals surface area contributed by atoms with Gasteiger partial charge in [0.05, 0.1) is 0 Å². The molecule has 0 spiro atoms. The summed E-state index contributed by atoms with van der Waals surface area (Å²) in [6.07, 6.45) is -4.16. The van der Waals surface area contributed by atoms with E-state index in [0.717, 1.165) is 0 Å². The van der Waals surface area contributed by atoms with Gasteiger partial charge in [0.15, 0.2) is 12.4 Å². The second kappa shape index (κ2) is 4.96. The van der Waals surface area contributed by atoms with E-state index in [1.807, 2.05) is 0 Å². The van der Waals surface area contributed by atoms with Gasteiger partial charge in [-0.25, -0.2) is 4.98 Å². The Hall–Kier alpha value is -1.59. The fourth-order valence-electron chi connectivity index (χ4n) is 0.987. The molecule has 16 heavy (non-hydrogen) atoms. The summed E-state index contributed by atoms with van der Waals surface area (Å²) >= 11 is 0. The standard InChI is InChI=1S/C10H10F3NO2/c1-2-8(15)7-4-3-5-9(14-7)16-6-10(11,12)13/h3-5H,2,6H2,1H3. The maximum absolute atomic E-state index is 11.8. The molecule has 1 aromatic heterocycles. The van der Waals surface area contributed by atoms with Crippen molar-refractivity contribution in [3.63, 3.8) is 0 Å². The molecule has 88 valence electrons. The van der Waals surface area contributed by atoms with Crippen molar-refractivity contribution >= 4 is 5.78 Å². The Morgan fingerprint density at radius 1 is 1.44 bits per heavy atom. The summed E-state index contributed by atoms with van der Waals surface area (Å²) in [5, 5.41) is 0. The van der Waals surface area contributed by atoms with Crippen LogP contribution in [0.3, 0.4) is 0 Å². The number of alkyl halides is 3. The van der Waals surface area contributed by atoms with Gasteiger partial charge in [0.1, 0.15) is 5.69 Å². The van der Waals surface area contributed by atoms with Crippen LogP contribution in [0.5, 0.6) is 5.88 Å². The van der Waals surface area contributed by atoms with E-state index in [9.17, 15) is 18.0 Å². The number of Topliss-reactive ketones (excluding diaryl/α,β-unsaturated/α-hetero) is 1. The van der Waals surface area contributed by atoms with Crippen LogP contribution in [0.4, 0.5) is 13.2 Å². The molecule has 0 radical (unpaired) electrons. The van der Waals surface area contributed by atoms with Crippen molar-refractivity contribution in [1.82, 2.24) is 4.98 Å². The molecule has 0 saturated carbocycles. The topological polar surface area (TPSA) is 39.2 Å². The zero-order valence-electron chi connectivity index (χ0n) is 8.54. The first-order valence-electron chi connectivity index (χ1n) is 4.62. The van der Waals surface area contributed by atoms with Crippen molar-refractivity contribution in [3.05, 3.63) is 23.9 Å². The van der Waals surface area contributed by atoms with Crippen LogP contribution in [-0.4, -0.2) is 23.6 Å². The first-order chi connectivity index (χ1) is 7.42. The molecule has 0 aliphatic heterocycles. The lowest BCUT2D eigenvalue weighted by Crippen LogP contribution is -2.19. The Morgan fingerprint density at radius 2 is 2.12 bits per heavy atom. The molecule has 1 aromatic rings. The SMILES string of the molecule is CCC(=O)c1cccc(OCC(F)(F)F)n1. The highest BCUT2D eigenvalue weighted by atomic mass is 19.4. The highest BCUT2D eigenvalue weighted by Crippen LogP contribution is 2.17. The fraction of sp³-hybridized carbons (Fsp3) is 0.400. The molecule has 0 saturated heterocycles. The van der Waals surface area contributed by atoms with Crippen molar-refractivity contribution < 1.29 is 22.7 Å². The maximum Gasteiger partial charge on any atom is 0.422 e. The van der Waals surface area contributed by atoms with Gasteiger partial charge in [0.2, 0.25) is 5.88 Å². The number of carbonyl (C=O) groups is 1. The summed E-state index contributed by atoms with van der Waals surface area (Å²) in [6, 6.07) is 4.14. The van der Waals surface area contributed by atoms with Crippen LogP contribution in [0.15, 0.2) is 18.2 Å². The van der Waals surface area contributed by atoms with Crippen molar-refractivity contribution in [2.24, 2.45) is 0 Å². The smallest absolute Gasteiger partial charge is 0.422 e. The summed E-state index contributed by atoms with van der Waals surface area (Å²) in [4.78, 5) is 14.9. The van der Waals surface area contributed by atoms with E-state index in [0.29, 0.717) is 0 Å². The molecule has 0 unspecified atom stereocenters. The predicted molar refractivity (Wildman–Crippen MR) is 50.4 cm³/mol. The van der Waals surface area contributed by atoms with Gasteiger partial charge in [0.25, 0.3) is 0 Å². The Morgan fingerprint density at radius 3 is 2.69 bits per heavy atom. The van der Waals surface area contributed by atoms with Gasteiger partial charge in [-0.2, -0.15) is 13.2 Å². The number of nitrogens with zero attached hydrogens (tertiary/aromatic N) is 1. The molecule has 0 aromatic carbocycles. The van der Waals surface area contributed by atoms with Crippen LogP contribution >= 0.6 is 0 Å². The van der Waals surface area contributed by atoms with Crippen LogP contribution in [0.25, 0.3) is 0 Å². The van der Waals surface area contributed by atoms with E-state index in [4.69, 9.17) is 0 Å². The number of hydrogen-bond donors (Lipinski definition) is 0. The largest absolute Gasteiger partial charge is 0.468 e. The number of ketones is 1. The monoisotopic (exact) mass is 233 g/mol. The van der Waals surface area contributed by atoms with Crippen LogP contribution < -0.4 is 4.74 Å². The average molecular weight is 233 g/mol. The lowest BCUT2D eigenvalue weighted by atomic mass is 10.2. The third-order valence-electron chi connectivity index (χ3n) is 1.71. The number of rotatable bonds is 4. The number of pyridine rings is 1. The second-order valence-corrected chi connectivity index (χ2v) is 3.04. The van der Waals surface area contributed by atoms with E-state index < -0.39 is 12.8 Å². The lowest BCUT2D eigenvalue weighted by molar-refractivity contribution is -0.154. The van der Waals surface area contributed by atoms with E-state index in [1.165, 1.54) is 18.2 Å². The number of aromatic nitrogens is 1. The summed E-state index contributed by atoms with van der Waals surface area (Å²) in [5.74, 6) is -0.436. The van der Waals surface area contributed by atoms with E-state index in [2.05, 4.69) is 9.72 Å². The van der Waals surface area contributed by atoms with Crippen LogP contribution in [0, 0.1) is 0 Å². The molecular formula is C10H10F3NO2. The van der Waals surface area contributed by atoms with Gasteiger partial charge >= 0.3 is 6.18 Å². The first-order valence-corrected chi connectivity index (χ1v) is 4.62. The Labute approximate surface area is 90.2 Å². The Bertz CT molecular complexity index is 377. The molecule has 0 N–H and O–H groups in total. The molecule has 0 bridgehead atoms. The predicted octanol–water partition coefficient (Wildman–Crippen LogP) is 2.62. The van der Waals surface area contributed by atoms with Crippen LogP contribution in [0.2, 0.25) is 0 Å². The van der Waals surface area contributed by atoms with E-state index >= 15 is 0 Å². The van der Waals surface area contributed by atoms with Gasteiger partial charge < -0.3 is 4.74 Å². The molecule has 0 aliphatic carbocycles. The minimum atomic E-state index is -4.41. The number of hydrogen-bond acceptors (Lipinski definition) is 3. The molecule has 1 rings (SSSR count). The Kier molecular flexibility index (Phi) is 3.87.